The normalized spacial score (nSPS) is 12.4. The van der Waals surface area contributed by atoms with Crippen LogP contribution in [-0.4, -0.2) is 21.5 Å². The molecule has 16 heavy (non-hydrogen) atoms. The van der Waals surface area contributed by atoms with Gasteiger partial charge in [-0.15, -0.1) is 0 Å². The summed E-state index contributed by atoms with van der Waals surface area (Å²) in [5.41, 5.74) is 1.14. The molecule has 0 spiro atoms. The van der Waals surface area contributed by atoms with E-state index in [9.17, 15) is 0 Å². The van der Waals surface area contributed by atoms with E-state index in [0.717, 1.165) is 11.5 Å². The Morgan fingerprint density at radius 2 is 1.50 bits per heavy atom. The first-order valence-electron chi connectivity index (χ1n) is 5.69. The van der Waals surface area contributed by atoms with E-state index in [-0.39, 0.29) is 0 Å². The molecule has 0 saturated carbocycles. The summed E-state index contributed by atoms with van der Waals surface area (Å²) in [6, 6.07) is 4.09. The van der Waals surface area contributed by atoms with Crippen molar-refractivity contribution < 1.29 is 0 Å². The highest BCUT2D eigenvalue weighted by molar-refractivity contribution is 6.80. The van der Waals surface area contributed by atoms with Gasteiger partial charge in [-0.1, -0.05) is 39.3 Å². The predicted octanol–water partition coefficient (Wildman–Crippen LogP) is 3.58. The average molecular weight is 253 g/mol. The summed E-state index contributed by atoms with van der Waals surface area (Å²) in [7, 11) is -2.66. The van der Waals surface area contributed by atoms with Gasteiger partial charge in [-0.25, -0.2) is 4.98 Å². The van der Waals surface area contributed by atoms with Crippen LogP contribution < -0.4 is 9.96 Å². The van der Waals surface area contributed by atoms with Crippen LogP contribution in [0, 0.1) is 0 Å². The number of nitrogens with one attached hydrogen (secondary N) is 2. The highest BCUT2D eigenvalue weighted by atomic mass is 28.3. The molecule has 0 fully saturated rings. The number of aromatic nitrogens is 1. The monoisotopic (exact) mass is 253 g/mol. The maximum Gasteiger partial charge on any atom is 0.146 e. The van der Waals surface area contributed by atoms with Crippen LogP contribution in [-0.2, 0) is 0 Å². The van der Waals surface area contributed by atoms with Crippen LogP contribution in [0.25, 0.3) is 0 Å². The summed E-state index contributed by atoms with van der Waals surface area (Å²) in [5, 5.41) is 0. The standard InChI is InChI=1S/C11H23N3Si2/c1-15(2,3)13-10-8-7-9-12-11(10)14-16(4,5)6/h7-9,13H,1-6H3,(H,12,14). The third kappa shape index (κ3) is 4.80. The summed E-state index contributed by atoms with van der Waals surface area (Å²) < 4.78 is 0. The third-order valence-corrected chi connectivity index (χ3v) is 3.82. The highest BCUT2D eigenvalue weighted by Crippen LogP contribution is 2.22. The lowest BCUT2D eigenvalue weighted by atomic mass is 10.4. The summed E-state index contributed by atoms with van der Waals surface area (Å²) in [6.45, 7) is 13.7. The van der Waals surface area contributed by atoms with E-state index in [1.54, 1.807) is 0 Å². The Labute approximate surface area is 101 Å². The van der Waals surface area contributed by atoms with Crippen molar-refractivity contribution in [2.45, 2.75) is 39.3 Å². The first kappa shape index (κ1) is 13.2. The fraction of sp³-hybridized carbons (Fsp3) is 0.545. The van der Waals surface area contributed by atoms with Gasteiger partial charge in [0.15, 0.2) is 0 Å². The molecule has 0 bridgehead atoms. The minimum atomic E-state index is -1.34. The number of hydrogen-bond donors (Lipinski definition) is 2. The Hall–Kier alpha value is -0.816. The van der Waals surface area contributed by atoms with Crippen LogP contribution in [0.2, 0.25) is 39.3 Å². The molecule has 1 rings (SSSR count). The molecule has 1 aromatic heterocycles. The maximum atomic E-state index is 4.43. The second kappa shape index (κ2) is 4.59. The van der Waals surface area contributed by atoms with Crippen molar-refractivity contribution in [3.05, 3.63) is 18.3 Å². The van der Waals surface area contributed by atoms with E-state index < -0.39 is 16.5 Å². The quantitative estimate of drug-likeness (QED) is 0.806. The summed E-state index contributed by atoms with van der Waals surface area (Å²) >= 11 is 0. The second-order valence-corrected chi connectivity index (χ2v) is 15.6. The summed E-state index contributed by atoms with van der Waals surface area (Å²) in [6.07, 6.45) is 1.85. The van der Waals surface area contributed by atoms with Crippen molar-refractivity contribution in [2.24, 2.45) is 0 Å². The van der Waals surface area contributed by atoms with E-state index in [2.05, 4.69) is 60.3 Å². The van der Waals surface area contributed by atoms with Gasteiger partial charge in [-0.3, -0.25) is 0 Å². The van der Waals surface area contributed by atoms with Gasteiger partial charge in [0.25, 0.3) is 0 Å². The molecule has 2 N–H and O–H groups in total. The Morgan fingerprint density at radius 3 is 2.00 bits per heavy atom. The first-order chi connectivity index (χ1) is 7.17. The fourth-order valence-electron chi connectivity index (χ4n) is 1.36. The summed E-state index contributed by atoms with van der Waals surface area (Å²) in [5.74, 6) is 1.00. The average Bonchev–Trinajstić information content (AvgIpc) is 2.03. The molecule has 1 heterocycles. The van der Waals surface area contributed by atoms with Crippen LogP contribution in [0.4, 0.5) is 11.5 Å². The van der Waals surface area contributed by atoms with E-state index in [0.29, 0.717) is 0 Å². The van der Waals surface area contributed by atoms with Crippen LogP contribution in [0.3, 0.4) is 0 Å². The van der Waals surface area contributed by atoms with Gasteiger partial charge in [0.05, 0.1) is 5.69 Å². The van der Waals surface area contributed by atoms with Gasteiger partial charge in [-0.05, 0) is 12.1 Å². The Bertz CT molecular complexity index is 318. The number of nitrogens with zero attached hydrogens (tertiary/aromatic N) is 1. The zero-order valence-corrected chi connectivity index (χ0v) is 13.2. The van der Waals surface area contributed by atoms with Crippen LogP contribution in [0.15, 0.2) is 18.3 Å². The molecule has 0 aliphatic rings. The molecule has 0 aromatic carbocycles. The lowest BCUT2D eigenvalue weighted by Gasteiger charge is -2.25. The highest BCUT2D eigenvalue weighted by Gasteiger charge is 2.19. The van der Waals surface area contributed by atoms with Crippen molar-refractivity contribution in [2.75, 3.05) is 9.96 Å². The Balaban J connectivity index is 2.92. The lowest BCUT2D eigenvalue weighted by molar-refractivity contribution is 1.31. The van der Waals surface area contributed by atoms with Crippen molar-refractivity contribution in [1.82, 2.24) is 4.98 Å². The SMILES string of the molecule is C[Si](C)(C)Nc1cccnc1N[Si](C)(C)C. The number of pyridine rings is 1. The van der Waals surface area contributed by atoms with E-state index in [1.807, 2.05) is 12.3 Å². The molecule has 3 nitrogen and oxygen atoms in total. The van der Waals surface area contributed by atoms with Gasteiger partial charge in [0, 0.05) is 6.20 Å². The first-order valence-corrected chi connectivity index (χ1v) is 12.7. The van der Waals surface area contributed by atoms with Crippen LogP contribution >= 0.6 is 0 Å². The molecular weight excluding hydrogens is 230 g/mol. The molecule has 0 radical (unpaired) electrons. The van der Waals surface area contributed by atoms with Crippen molar-refractivity contribution in [3.8, 4) is 0 Å². The van der Waals surface area contributed by atoms with Crippen LogP contribution in [0.1, 0.15) is 0 Å². The zero-order chi connectivity index (χ0) is 12.4. The topological polar surface area (TPSA) is 37.0 Å². The maximum absolute atomic E-state index is 4.43. The second-order valence-electron chi connectivity index (χ2n) is 6.15. The van der Waals surface area contributed by atoms with Crippen LogP contribution in [0.5, 0.6) is 0 Å². The van der Waals surface area contributed by atoms with E-state index in [4.69, 9.17) is 0 Å². The van der Waals surface area contributed by atoms with Gasteiger partial charge < -0.3 is 9.96 Å². The van der Waals surface area contributed by atoms with Crippen molar-refractivity contribution in [1.29, 1.82) is 0 Å². The number of rotatable bonds is 4. The largest absolute Gasteiger partial charge is 0.408 e. The molecule has 0 aliphatic heterocycles. The van der Waals surface area contributed by atoms with Gasteiger partial charge in [0.1, 0.15) is 22.3 Å². The van der Waals surface area contributed by atoms with Gasteiger partial charge >= 0.3 is 0 Å². The lowest BCUT2D eigenvalue weighted by Crippen LogP contribution is -2.36. The van der Waals surface area contributed by atoms with Gasteiger partial charge in [-0.2, -0.15) is 0 Å². The van der Waals surface area contributed by atoms with Crippen molar-refractivity contribution in [3.63, 3.8) is 0 Å². The summed E-state index contributed by atoms with van der Waals surface area (Å²) in [4.78, 5) is 11.6. The van der Waals surface area contributed by atoms with E-state index in [1.165, 1.54) is 0 Å². The number of anilines is 2. The zero-order valence-electron chi connectivity index (χ0n) is 11.2. The molecule has 5 heteroatoms. The third-order valence-electron chi connectivity index (χ3n) is 1.81. The molecule has 0 amide bonds. The molecule has 0 atom stereocenters. The predicted molar refractivity (Wildman–Crippen MR) is 78.2 cm³/mol. The fourth-order valence-corrected chi connectivity index (χ4v) is 3.28. The molecule has 90 valence electrons. The molecule has 0 unspecified atom stereocenters. The Kier molecular flexibility index (Phi) is 3.80. The van der Waals surface area contributed by atoms with Gasteiger partial charge in [0.2, 0.25) is 0 Å². The molecule has 0 saturated heterocycles. The molecule has 0 aliphatic carbocycles. The molecule has 1 aromatic rings. The minimum Gasteiger partial charge on any atom is -0.408 e. The smallest absolute Gasteiger partial charge is 0.146 e. The molecular formula is C11H23N3Si2. The minimum absolute atomic E-state index is 1.00. The van der Waals surface area contributed by atoms with Crippen molar-refractivity contribution >= 4 is 28.0 Å². The Morgan fingerprint density at radius 1 is 0.938 bits per heavy atom. The number of hydrogen-bond acceptors (Lipinski definition) is 3. The van der Waals surface area contributed by atoms with E-state index >= 15 is 0 Å².